The second kappa shape index (κ2) is 9.28. The number of nitrogens with zero attached hydrogens (tertiary/aromatic N) is 2. The van der Waals surface area contributed by atoms with Crippen LogP contribution in [-0.2, 0) is 9.53 Å². The molecule has 1 aliphatic rings. The summed E-state index contributed by atoms with van der Waals surface area (Å²) >= 11 is 0. The zero-order valence-corrected chi connectivity index (χ0v) is 16.5. The van der Waals surface area contributed by atoms with E-state index >= 15 is 0 Å². The first-order chi connectivity index (χ1) is 12.9. The highest BCUT2D eigenvalue weighted by Crippen LogP contribution is 2.30. The van der Waals surface area contributed by atoms with Gasteiger partial charge in [-0.05, 0) is 38.5 Å². The predicted octanol–water partition coefficient (Wildman–Crippen LogP) is 2.40. The maximum atomic E-state index is 12.6. The molecule has 1 N–H and O–H groups in total. The fourth-order valence-electron chi connectivity index (χ4n) is 3.12. The molecule has 0 aromatic heterocycles. The summed E-state index contributed by atoms with van der Waals surface area (Å²) in [6.07, 6.45) is 1.73. The third-order valence-corrected chi connectivity index (χ3v) is 4.38. The Morgan fingerprint density at radius 3 is 2.48 bits per heavy atom. The van der Waals surface area contributed by atoms with Gasteiger partial charge in [0.1, 0.15) is 11.6 Å². The molecule has 1 fully saturated rings. The summed E-state index contributed by atoms with van der Waals surface area (Å²) in [5, 5.41) is 12.3. The van der Waals surface area contributed by atoms with Crippen molar-refractivity contribution in [3.05, 3.63) is 35.5 Å². The number of ether oxygens (including phenoxy) is 3. The zero-order valence-electron chi connectivity index (χ0n) is 16.5. The molecule has 0 saturated carbocycles. The van der Waals surface area contributed by atoms with Crippen molar-refractivity contribution >= 4 is 5.91 Å². The Bertz CT molecular complexity index is 731. The third-order valence-electron chi connectivity index (χ3n) is 4.38. The van der Waals surface area contributed by atoms with E-state index in [9.17, 15) is 10.1 Å². The average molecular weight is 373 g/mol. The number of carbonyl (C=O) groups is 1. The normalized spacial score (nSPS) is 21.2. The van der Waals surface area contributed by atoms with Gasteiger partial charge in [-0.3, -0.25) is 4.79 Å². The number of hydrogen-bond acceptors (Lipinski definition) is 6. The van der Waals surface area contributed by atoms with Gasteiger partial charge in [-0.1, -0.05) is 6.07 Å². The largest absolute Gasteiger partial charge is 0.493 e. The zero-order chi connectivity index (χ0) is 20.0. The number of nitriles is 1. The highest BCUT2D eigenvalue weighted by atomic mass is 16.5. The lowest BCUT2D eigenvalue weighted by molar-refractivity contribution is -0.117. The van der Waals surface area contributed by atoms with Gasteiger partial charge in [0.05, 0.1) is 32.5 Å². The van der Waals surface area contributed by atoms with E-state index in [0.29, 0.717) is 24.6 Å². The average Bonchev–Trinajstić information content (AvgIpc) is 2.64. The minimum Gasteiger partial charge on any atom is -0.493 e. The van der Waals surface area contributed by atoms with E-state index in [4.69, 9.17) is 14.2 Å². The molecular formula is C20H27N3O4. The van der Waals surface area contributed by atoms with Crippen molar-refractivity contribution in [1.82, 2.24) is 10.2 Å². The molecule has 0 radical (unpaired) electrons. The van der Waals surface area contributed by atoms with Crippen molar-refractivity contribution in [3.8, 4) is 17.6 Å². The van der Waals surface area contributed by atoms with E-state index in [1.165, 1.54) is 0 Å². The first-order valence-electron chi connectivity index (χ1n) is 8.92. The maximum Gasteiger partial charge on any atom is 0.263 e. The van der Waals surface area contributed by atoms with Gasteiger partial charge in [-0.25, -0.2) is 0 Å². The molecule has 1 aliphatic heterocycles. The number of amides is 1. The maximum absolute atomic E-state index is 12.6. The quantitative estimate of drug-likeness (QED) is 0.609. The molecule has 1 amide bonds. The van der Waals surface area contributed by atoms with Crippen LogP contribution in [0.1, 0.15) is 32.4 Å². The van der Waals surface area contributed by atoms with E-state index in [-0.39, 0.29) is 23.8 Å². The lowest BCUT2D eigenvalue weighted by atomic mass is 10.1. The van der Waals surface area contributed by atoms with Crippen LogP contribution in [0.15, 0.2) is 30.0 Å². The second-order valence-corrected chi connectivity index (χ2v) is 6.68. The van der Waals surface area contributed by atoms with Gasteiger partial charge in [-0.2, -0.15) is 5.26 Å². The first-order valence-corrected chi connectivity index (χ1v) is 8.92. The summed E-state index contributed by atoms with van der Waals surface area (Å²) in [4.78, 5) is 14.5. The summed E-state index contributed by atoms with van der Waals surface area (Å²) in [6, 6.07) is 7.15. The molecule has 0 aliphatic carbocycles. The van der Waals surface area contributed by atoms with Gasteiger partial charge in [0.25, 0.3) is 5.91 Å². The van der Waals surface area contributed by atoms with E-state index in [0.717, 1.165) is 5.56 Å². The van der Waals surface area contributed by atoms with Crippen LogP contribution in [0.4, 0.5) is 0 Å². The number of morpholine rings is 1. The van der Waals surface area contributed by atoms with Crippen LogP contribution in [-0.4, -0.2) is 50.3 Å². The topological polar surface area (TPSA) is 83.8 Å². The summed E-state index contributed by atoms with van der Waals surface area (Å²) in [7, 11) is 3.13. The fraction of sp³-hybridized carbons (Fsp3) is 0.500. The Morgan fingerprint density at radius 1 is 1.30 bits per heavy atom. The molecule has 146 valence electrons. The van der Waals surface area contributed by atoms with Crippen molar-refractivity contribution in [2.24, 2.45) is 0 Å². The molecule has 27 heavy (non-hydrogen) atoms. The third kappa shape index (κ3) is 5.38. The molecule has 7 heteroatoms. The fourth-order valence-corrected chi connectivity index (χ4v) is 3.12. The number of rotatable bonds is 6. The molecular weight excluding hydrogens is 346 g/mol. The number of hydrogen-bond donors (Lipinski definition) is 1. The molecule has 1 heterocycles. The van der Waals surface area contributed by atoms with Gasteiger partial charge in [0, 0.05) is 19.3 Å². The highest BCUT2D eigenvalue weighted by molar-refractivity contribution is 5.97. The summed E-state index contributed by atoms with van der Waals surface area (Å²) in [5.41, 5.74) is 0.926. The van der Waals surface area contributed by atoms with E-state index in [1.807, 2.05) is 43.9 Å². The van der Waals surface area contributed by atoms with Crippen molar-refractivity contribution in [1.29, 1.82) is 5.26 Å². The molecule has 7 nitrogen and oxygen atoms in total. The molecule has 0 spiro atoms. The monoisotopic (exact) mass is 373 g/mol. The van der Waals surface area contributed by atoms with Crippen molar-refractivity contribution in [2.75, 3.05) is 27.3 Å². The van der Waals surface area contributed by atoms with Crippen molar-refractivity contribution in [2.45, 2.75) is 39.0 Å². The minimum absolute atomic E-state index is 0.0543. The van der Waals surface area contributed by atoms with Gasteiger partial charge >= 0.3 is 0 Å². The Morgan fingerprint density at radius 2 is 1.93 bits per heavy atom. The molecule has 1 aromatic rings. The molecule has 3 atom stereocenters. The number of nitrogens with one attached hydrogen (secondary N) is 1. The van der Waals surface area contributed by atoms with E-state index in [1.54, 1.807) is 26.5 Å². The van der Waals surface area contributed by atoms with Crippen LogP contribution in [0, 0.1) is 11.3 Å². The van der Waals surface area contributed by atoms with Crippen LogP contribution in [0.25, 0.3) is 0 Å². The van der Waals surface area contributed by atoms with Crippen LogP contribution in [0.5, 0.6) is 11.5 Å². The van der Waals surface area contributed by atoms with Crippen LogP contribution in [0.3, 0.4) is 0 Å². The van der Waals surface area contributed by atoms with E-state index < -0.39 is 5.91 Å². The Hall–Kier alpha value is -2.72. The van der Waals surface area contributed by atoms with Gasteiger partial charge in [0.15, 0.2) is 11.5 Å². The van der Waals surface area contributed by atoms with Crippen molar-refractivity contribution in [3.63, 3.8) is 0 Å². The Balaban J connectivity index is 2.10. The highest BCUT2D eigenvalue weighted by Gasteiger charge is 2.22. The smallest absolute Gasteiger partial charge is 0.263 e. The SMILES string of the molecule is COc1ccc(C(C)NC(=O)/C(C#N)=C\N2CC(C)OC(C)C2)cc1OC. The second-order valence-electron chi connectivity index (χ2n) is 6.68. The summed E-state index contributed by atoms with van der Waals surface area (Å²) in [5.74, 6) is 0.794. The molecule has 2 rings (SSSR count). The Labute approximate surface area is 160 Å². The lowest BCUT2D eigenvalue weighted by Crippen LogP contribution is -2.43. The first kappa shape index (κ1) is 20.6. The van der Waals surface area contributed by atoms with Crippen molar-refractivity contribution < 1.29 is 19.0 Å². The van der Waals surface area contributed by atoms with Crippen LogP contribution in [0.2, 0.25) is 0 Å². The standard InChI is InChI=1S/C20H27N3O4/c1-13-10-23(11-14(2)27-13)12-17(9-21)20(24)22-15(3)16-6-7-18(25-4)19(8-16)26-5/h6-8,12-15H,10-11H2,1-5H3,(H,22,24)/b17-12-. The van der Waals surface area contributed by atoms with E-state index in [2.05, 4.69) is 5.32 Å². The summed E-state index contributed by atoms with van der Waals surface area (Å²) < 4.78 is 16.2. The summed E-state index contributed by atoms with van der Waals surface area (Å²) in [6.45, 7) is 7.10. The molecule has 0 bridgehead atoms. The van der Waals surface area contributed by atoms with Crippen LogP contribution >= 0.6 is 0 Å². The van der Waals surface area contributed by atoms with Gasteiger partial charge < -0.3 is 24.4 Å². The lowest BCUT2D eigenvalue weighted by Gasteiger charge is -2.34. The van der Waals surface area contributed by atoms with Gasteiger partial charge in [0.2, 0.25) is 0 Å². The number of methoxy groups -OCH3 is 2. The number of carbonyl (C=O) groups excluding carboxylic acids is 1. The molecule has 1 aromatic carbocycles. The van der Waals surface area contributed by atoms with Crippen LogP contribution < -0.4 is 14.8 Å². The molecule has 1 saturated heterocycles. The minimum atomic E-state index is -0.411. The Kier molecular flexibility index (Phi) is 7.08. The van der Waals surface area contributed by atoms with Gasteiger partial charge in [-0.15, -0.1) is 0 Å². The predicted molar refractivity (Wildman–Crippen MR) is 101 cm³/mol. The molecule has 3 unspecified atom stereocenters. The number of benzene rings is 1.